The summed E-state index contributed by atoms with van der Waals surface area (Å²) in [5, 5.41) is 13.8. The molecule has 1 aromatic rings. The van der Waals surface area contributed by atoms with E-state index in [1.807, 2.05) is 50.2 Å². The molecule has 2 N–H and O–H groups in total. The minimum Gasteiger partial charge on any atom is -0.449 e. The minimum absolute atomic E-state index is 0.220. The molecule has 0 aliphatic rings. The van der Waals surface area contributed by atoms with Gasteiger partial charge in [0.2, 0.25) is 5.91 Å². The first-order valence-corrected chi connectivity index (χ1v) is 7.64. The maximum atomic E-state index is 12.2. The average molecular weight is 317 g/mol. The van der Waals surface area contributed by atoms with E-state index in [2.05, 4.69) is 10.6 Å². The zero-order valence-corrected chi connectivity index (χ0v) is 13.5. The Bertz CT molecular complexity index is 538. The van der Waals surface area contributed by atoms with Gasteiger partial charge in [0.15, 0.2) is 0 Å². The van der Waals surface area contributed by atoms with Gasteiger partial charge < -0.3 is 15.4 Å². The third-order valence-corrected chi connectivity index (χ3v) is 2.98. The van der Waals surface area contributed by atoms with E-state index in [1.165, 1.54) is 0 Å². The number of rotatable bonds is 8. The first-order valence-electron chi connectivity index (χ1n) is 7.64. The van der Waals surface area contributed by atoms with Gasteiger partial charge in [0.1, 0.15) is 6.04 Å². The lowest BCUT2D eigenvalue weighted by Crippen LogP contribution is -2.48. The molecule has 23 heavy (non-hydrogen) atoms. The fraction of sp³-hybridized carbons (Fsp3) is 0.471. The zero-order valence-electron chi connectivity index (χ0n) is 13.5. The number of ether oxygens (including phenoxy) is 1. The van der Waals surface area contributed by atoms with Gasteiger partial charge in [0.25, 0.3) is 0 Å². The lowest BCUT2D eigenvalue weighted by atomic mass is 10.1. The Kier molecular flexibility index (Phi) is 8.22. The molecule has 0 spiro atoms. The fourth-order valence-electron chi connectivity index (χ4n) is 1.85. The predicted octanol–water partition coefficient (Wildman–Crippen LogP) is 2.01. The van der Waals surface area contributed by atoms with Gasteiger partial charge in [-0.2, -0.15) is 5.26 Å². The second kappa shape index (κ2) is 10.2. The van der Waals surface area contributed by atoms with Crippen LogP contribution in [-0.4, -0.2) is 31.2 Å². The number of benzene rings is 1. The first-order chi connectivity index (χ1) is 11.0. The molecule has 124 valence electrons. The molecular formula is C17H23N3O3. The summed E-state index contributed by atoms with van der Waals surface area (Å²) in [5.74, 6) is -0.108. The number of nitrogens with one attached hydrogen (secondary N) is 2. The second-order valence-corrected chi connectivity index (χ2v) is 5.58. The third-order valence-electron chi connectivity index (χ3n) is 2.98. The van der Waals surface area contributed by atoms with Gasteiger partial charge in [-0.15, -0.1) is 0 Å². The van der Waals surface area contributed by atoms with Crippen LogP contribution in [0.5, 0.6) is 0 Å². The van der Waals surface area contributed by atoms with Gasteiger partial charge in [0.05, 0.1) is 19.1 Å². The Balaban J connectivity index is 2.65. The highest BCUT2D eigenvalue weighted by Gasteiger charge is 2.21. The molecule has 0 bridgehead atoms. The van der Waals surface area contributed by atoms with E-state index in [0.29, 0.717) is 13.0 Å². The molecule has 0 fully saturated rings. The summed E-state index contributed by atoms with van der Waals surface area (Å²) < 4.78 is 5.07. The summed E-state index contributed by atoms with van der Waals surface area (Å²) in [4.78, 5) is 24.0. The smallest absolute Gasteiger partial charge is 0.407 e. The number of carbonyl (C=O) groups excluding carboxylic acids is 2. The van der Waals surface area contributed by atoms with Crippen LogP contribution >= 0.6 is 0 Å². The lowest BCUT2D eigenvalue weighted by Gasteiger charge is -2.18. The third kappa shape index (κ3) is 7.86. The van der Waals surface area contributed by atoms with Crippen molar-refractivity contribution in [2.24, 2.45) is 5.92 Å². The molecule has 2 amide bonds. The molecule has 6 nitrogen and oxygen atoms in total. The molecular weight excluding hydrogens is 294 g/mol. The Labute approximate surface area is 136 Å². The van der Waals surface area contributed by atoms with E-state index in [9.17, 15) is 9.59 Å². The monoisotopic (exact) mass is 317 g/mol. The van der Waals surface area contributed by atoms with Crippen molar-refractivity contribution in [1.82, 2.24) is 10.6 Å². The maximum absolute atomic E-state index is 12.2. The van der Waals surface area contributed by atoms with Crippen molar-refractivity contribution < 1.29 is 14.3 Å². The van der Waals surface area contributed by atoms with Gasteiger partial charge in [-0.05, 0) is 11.5 Å². The molecule has 0 saturated heterocycles. The molecule has 1 aromatic carbocycles. The Morgan fingerprint density at radius 2 is 1.96 bits per heavy atom. The number of hydrogen-bond donors (Lipinski definition) is 2. The highest BCUT2D eigenvalue weighted by molar-refractivity contribution is 5.85. The minimum atomic E-state index is -0.740. The largest absolute Gasteiger partial charge is 0.449 e. The Morgan fingerprint density at radius 3 is 2.57 bits per heavy atom. The summed E-state index contributed by atoms with van der Waals surface area (Å²) >= 11 is 0. The summed E-state index contributed by atoms with van der Waals surface area (Å²) in [6.45, 7) is 4.41. The number of carbonyl (C=O) groups is 2. The zero-order chi connectivity index (χ0) is 17.1. The van der Waals surface area contributed by atoms with Crippen LogP contribution in [0, 0.1) is 17.2 Å². The number of hydrogen-bond acceptors (Lipinski definition) is 4. The molecule has 0 aromatic heterocycles. The van der Waals surface area contributed by atoms with Crippen LogP contribution in [0.25, 0.3) is 0 Å². The fourth-order valence-corrected chi connectivity index (χ4v) is 1.85. The Morgan fingerprint density at radius 1 is 1.26 bits per heavy atom. The van der Waals surface area contributed by atoms with Gasteiger partial charge in [-0.3, -0.25) is 4.79 Å². The molecule has 6 heteroatoms. The number of nitrogens with zero attached hydrogens (tertiary/aromatic N) is 1. The highest BCUT2D eigenvalue weighted by atomic mass is 16.5. The van der Waals surface area contributed by atoms with Crippen LogP contribution < -0.4 is 10.6 Å². The topological polar surface area (TPSA) is 91.2 Å². The number of amides is 2. The van der Waals surface area contributed by atoms with Crippen LogP contribution in [-0.2, 0) is 16.0 Å². The van der Waals surface area contributed by atoms with Crippen LogP contribution in [0.2, 0.25) is 0 Å². The van der Waals surface area contributed by atoms with Crippen LogP contribution in [0.4, 0.5) is 4.79 Å². The molecule has 0 aliphatic heterocycles. The van der Waals surface area contributed by atoms with Gasteiger partial charge in [-0.25, -0.2) is 4.79 Å². The van der Waals surface area contributed by atoms with E-state index in [-0.39, 0.29) is 24.8 Å². The van der Waals surface area contributed by atoms with E-state index in [4.69, 9.17) is 10.00 Å². The van der Waals surface area contributed by atoms with E-state index >= 15 is 0 Å². The summed E-state index contributed by atoms with van der Waals surface area (Å²) in [7, 11) is 0. The number of alkyl carbamates (subject to hydrolysis) is 1. The molecule has 0 heterocycles. The molecule has 1 unspecified atom stereocenters. The maximum Gasteiger partial charge on any atom is 0.407 e. The van der Waals surface area contributed by atoms with Gasteiger partial charge in [0, 0.05) is 13.0 Å². The summed E-state index contributed by atoms with van der Waals surface area (Å²) in [6.07, 6.45) is -0.0347. The van der Waals surface area contributed by atoms with E-state index in [1.54, 1.807) is 0 Å². The number of nitriles is 1. The van der Waals surface area contributed by atoms with Crippen molar-refractivity contribution >= 4 is 12.0 Å². The van der Waals surface area contributed by atoms with Crippen LogP contribution in [0.15, 0.2) is 30.3 Å². The average Bonchev–Trinajstić information content (AvgIpc) is 2.53. The predicted molar refractivity (Wildman–Crippen MR) is 86.5 cm³/mol. The summed E-state index contributed by atoms with van der Waals surface area (Å²) in [6, 6.07) is 10.6. The van der Waals surface area contributed by atoms with Crippen molar-refractivity contribution in [1.29, 1.82) is 5.26 Å². The quantitative estimate of drug-likeness (QED) is 0.718. The van der Waals surface area contributed by atoms with Crippen molar-refractivity contribution in [3.05, 3.63) is 35.9 Å². The van der Waals surface area contributed by atoms with Gasteiger partial charge >= 0.3 is 6.09 Å². The van der Waals surface area contributed by atoms with Crippen molar-refractivity contribution in [2.45, 2.75) is 32.7 Å². The van der Waals surface area contributed by atoms with Gasteiger partial charge in [-0.1, -0.05) is 44.2 Å². The van der Waals surface area contributed by atoms with E-state index < -0.39 is 12.1 Å². The molecule has 0 aliphatic carbocycles. The highest BCUT2D eigenvalue weighted by Crippen LogP contribution is 2.04. The van der Waals surface area contributed by atoms with Crippen molar-refractivity contribution in [2.75, 3.05) is 13.2 Å². The van der Waals surface area contributed by atoms with Crippen molar-refractivity contribution in [3.8, 4) is 6.07 Å². The normalized spacial score (nSPS) is 11.4. The molecule has 1 rings (SSSR count). The standard InChI is InChI=1S/C17H23N3O3/c1-13(2)12-23-17(22)20-15(16(21)19-10-6-9-18)11-14-7-4-3-5-8-14/h3-5,7-8,13,15H,6,10-12H2,1-2H3,(H,19,21)(H,20,22). The second-order valence-electron chi connectivity index (χ2n) is 5.58. The lowest BCUT2D eigenvalue weighted by molar-refractivity contribution is -0.123. The van der Waals surface area contributed by atoms with Crippen LogP contribution in [0.1, 0.15) is 25.8 Å². The van der Waals surface area contributed by atoms with Crippen LogP contribution in [0.3, 0.4) is 0 Å². The Hall–Kier alpha value is -2.55. The van der Waals surface area contributed by atoms with Crippen molar-refractivity contribution in [3.63, 3.8) is 0 Å². The molecule has 1 atom stereocenters. The summed E-state index contributed by atoms with van der Waals surface area (Å²) in [5.41, 5.74) is 0.928. The van der Waals surface area contributed by atoms with E-state index in [0.717, 1.165) is 5.56 Å². The SMILES string of the molecule is CC(C)COC(=O)NC(Cc1ccccc1)C(=O)NCCC#N. The molecule has 0 saturated carbocycles. The molecule has 0 radical (unpaired) electrons. The first kappa shape index (κ1) is 18.5.